The molecule has 0 aromatic heterocycles. The second-order valence-corrected chi connectivity index (χ2v) is 6.11. The molecule has 1 aliphatic rings. The summed E-state index contributed by atoms with van der Waals surface area (Å²) < 4.78 is 5.15. The molecule has 130 valence electrons. The van der Waals surface area contributed by atoms with E-state index in [1.165, 1.54) is 0 Å². The highest BCUT2D eigenvalue weighted by atomic mass is 16.5. The Balaban J connectivity index is 1.69. The van der Waals surface area contributed by atoms with Crippen molar-refractivity contribution in [1.82, 2.24) is 4.90 Å². The number of amides is 2. The Kier molecular flexibility index (Phi) is 5.03. The van der Waals surface area contributed by atoms with Crippen LogP contribution >= 0.6 is 0 Å². The van der Waals surface area contributed by atoms with E-state index in [1.807, 2.05) is 54.6 Å². The molecule has 2 aromatic rings. The summed E-state index contributed by atoms with van der Waals surface area (Å²) in [6.07, 6.45) is 0.320. The minimum Gasteiger partial charge on any atom is -0.497 e. The summed E-state index contributed by atoms with van der Waals surface area (Å²) in [5, 5.41) is 0. The zero-order chi connectivity index (χ0) is 17.8. The number of carbonyl (C=O) groups excluding carboxylic acids is 2. The number of methoxy groups -OCH3 is 1. The van der Waals surface area contributed by atoms with Gasteiger partial charge in [-0.3, -0.25) is 9.59 Å². The van der Waals surface area contributed by atoms with E-state index in [0.29, 0.717) is 19.5 Å². The maximum atomic E-state index is 12.7. The van der Waals surface area contributed by atoms with Gasteiger partial charge in [-0.2, -0.15) is 0 Å². The molecular weight excluding hydrogens is 316 g/mol. The third kappa shape index (κ3) is 3.65. The quantitative estimate of drug-likeness (QED) is 0.861. The zero-order valence-corrected chi connectivity index (χ0v) is 14.5. The Morgan fingerprint density at radius 3 is 2.40 bits per heavy atom. The van der Waals surface area contributed by atoms with Gasteiger partial charge in [0, 0.05) is 18.8 Å². The first-order valence-corrected chi connectivity index (χ1v) is 8.39. The molecule has 2 amide bonds. The van der Waals surface area contributed by atoms with Crippen LogP contribution in [0, 0.1) is 0 Å². The summed E-state index contributed by atoms with van der Waals surface area (Å²) in [6.45, 7) is 2.82. The molecule has 0 radical (unpaired) electrons. The summed E-state index contributed by atoms with van der Waals surface area (Å²) >= 11 is 0. The van der Waals surface area contributed by atoms with E-state index in [0.717, 1.165) is 17.0 Å². The van der Waals surface area contributed by atoms with Gasteiger partial charge in [0.1, 0.15) is 11.8 Å². The number of carbonyl (C=O) groups is 2. The highest BCUT2D eigenvalue weighted by molar-refractivity contribution is 6.00. The first kappa shape index (κ1) is 17.0. The predicted octanol–water partition coefficient (Wildman–Crippen LogP) is 2.50. The molecule has 2 aromatic carbocycles. The average Bonchev–Trinajstić information content (AvgIpc) is 2.65. The first-order chi connectivity index (χ1) is 12.1. The van der Waals surface area contributed by atoms with Crippen LogP contribution in [0.1, 0.15) is 12.5 Å². The Labute approximate surface area is 147 Å². The molecule has 0 unspecified atom stereocenters. The standard InChI is InChI=1S/C20H22N2O3/c1-15-20(24)22(17-8-10-18(25-2)11-9-17)13-12-21(15)19(23)14-16-6-4-3-5-7-16/h3-11,15H,12-14H2,1-2H3/t15-/m0/s1. The fourth-order valence-electron chi connectivity index (χ4n) is 3.10. The molecule has 5 nitrogen and oxygen atoms in total. The van der Waals surface area contributed by atoms with E-state index in [-0.39, 0.29) is 11.8 Å². The number of anilines is 1. The van der Waals surface area contributed by atoms with Crippen molar-refractivity contribution in [3.63, 3.8) is 0 Å². The van der Waals surface area contributed by atoms with Crippen molar-refractivity contribution in [3.8, 4) is 5.75 Å². The smallest absolute Gasteiger partial charge is 0.249 e. The van der Waals surface area contributed by atoms with Gasteiger partial charge in [0.15, 0.2) is 0 Å². The fourth-order valence-corrected chi connectivity index (χ4v) is 3.10. The Hall–Kier alpha value is -2.82. The van der Waals surface area contributed by atoms with Crippen LogP contribution in [0.4, 0.5) is 5.69 Å². The molecule has 1 aliphatic heterocycles. The van der Waals surface area contributed by atoms with E-state index in [1.54, 1.807) is 23.8 Å². The minimum absolute atomic E-state index is 0.0126. The summed E-state index contributed by atoms with van der Waals surface area (Å²) in [5.41, 5.74) is 1.79. The van der Waals surface area contributed by atoms with Crippen molar-refractivity contribution in [3.05, 3.63) is 60.2 Å². The van der Waals surface area contributed by atoms with Crippen molar-refractivity contribution < 1.29 is 14.3 Å². The van der Waals surface area contributed by atoms with E-state index >= 15 is 0 Å². The molecule has 0 aliphatic carbocycles. The normalized spacial score (nSPS) is 17.5. The Bertz CT molecular complexity index is 743. The summed E-state index contributed by atoms with van der Waals surface area (Å²) in [6, 6.07) is 16.5. The molecule has 1 fully saturated rings. The fraction of sp³-hybridized carbons (Fsp3) is 0.300. The van der Waals surface area contributed by atoms with Crippen LogP contribution in [0.5, 0.6) is 5.75 Å². The maximum Gasteiger partial charge on any atom is 0.249 e. The molecule has 5 heteroatoms. The molecule has 1 atom stereocenters. The monoisotopic (exact) mass is 338 g/mol. The lowest BCUT2D eigenvalue weighted by molar-refractivity contribution is -0.140. The number of benzene rings is 2. The van der Waals surface area contributed by atoms with Gasteiger partial charge in [-0.25, -0.2) is 0 Å². The van der Waals surface area contributed by atoms with Gasteiger partial charge in [0.05, 0.1) is 13.5 Å². The molecule has 0 N–H and O–H groups in total. The Morgan fingerprint density at radius 2 is 1.76 bits per heavy atom. The van der Waals surface area contributed by atoms with Gasteiger partial charge >= 0.3 is 0 Å². The third-order valence-electron chi connectivity index (χ3n) is 4.56. The van der Waals surface area contributed by atoms with Crippen molar-refractivity contribution in [2.24, 2.45) is 0 Å². The van der Waals surface area contributed by atoms with Crippen molar-refractivity contribution >= 4 is 17.5 Å². The highest BCUT2D eigenvalue weighted by Crippen LogP contribution is 2.23. The molecule has 0 spiro atoms. The summed E-state index contributed by atoms with van der Waals surface area (Å²) in [7, 11) is 1.61. The van der Waals surface area contributed by atoms with E-state index in [2.05, 4.69) is 0 Å². The van der Waals surface area contributed by atoms with Gasteiger partial charge in [0.2, 0.25) is 11.8 Å². The number of ether oxygens (including phenoxy) is 1. The van der Waals surface area contributed by atoms with Crippen molar-refractivity contribution in [2.75, 3.05) is 25.1 Å². The van der Waals surface area contributed by atoms with E-state index < -0.39 is 6.04 Å². The first-order valence-electron chi connectivity index (χ1n) is 8.39. The second-order valence-electron chi connectivity index (χ2n) is 6.11. The Morgan fingerprint density at radius 1 is 1.08 bits per heavy atom. The number of piperazine rings is 1. The third-order valence-corrected chi connectivity index (χ3v) is 4.56. The lowest BCUT2D eigenvalue weighted by atomic mass is 10.1. The van der Waals surface area contributed by atoms with Crippen LogP contribution in [-0.2, 0) is 16.0 Å². The number of hydrogen-bond acceptors (Lipinski definition) is 3. The van der Waals surface area contributed by atoms with Crippen LogP contribution in [-0.4, -0.2) is 43.0 Å². The molecule has 0 bridgehead atoms. The van der Waals surface area contributed by atoms with Crippen LogP contribution in [0.25, 0.3) is 0 Å². The minimum atomic E-state index is -0.466. The molecular formula is C20H22N2O3. The van der Waals surface area contributed by atoms with E-state index in [9.17, 15) is 9.59 Å². The van der Waals surface area contributed by atoms with Crippen molar-refractivity contribution in [2.45, 2.75) is 19.4 Å². The number of nitrogens with zero attached hydrogens (tertiary/aromatic N) is 2. The average molecular weight is 338 g/mol. The van der Waals surface area contributed by atoms with Gasteiger partial charge in [-0.05, 0) is 36.8 Å². The molecule has 25 heavy (non-hydrogen) atoms. The lowest BCUT2D eigenvalue weighted by Crippen LogP contribution is -2.58. The van der Waals surface area contributed by atoms with E-state index in [4.69, 9.17) is 4.74 Å². The molecule has 1 saturated heterocycles. The van der Waals surface area contributed by atoms with Crippen molar-refractivity contribution in [1.29, 1.82) is 0 Å². The maximum absolute atomic E-state index is 12.7. The summed E-state index contributed by atoms with van der Waals surface area (Å²) in [5.74, 6) is 0.681. The summed E-state index contributed by atoms with van der Waals surface area (Å²) in [4.78, 5) is 28.7. The number of hydrogen-bond donors (Lipinski definition) is 0. The SMILES string of the molecule is COc1ccc(N2CCN(C(=O)Cc3ccccc3)[C@@H](C)C2=O)cc1. The van der Waals surface area contributed by atoms with Crippen LogP contribution in [0.3, 0.4) is 0 Å². The molecule has 0 saturated carbocycles. The van der Waals surface area contributed by atoms with Gasteiger partial charge in [0.25, 0.3) is 0 Å². The highest BCUT2D eigenvalue weighted by Gasteiger charge is 2.34. The molecule has 3 rings (SSSR count). The van der Waals surface area contributed by atoms with Crippen LogP contribution < -0.4 is 9.64 Å². The zero-order valence-electron chi connectivity index (χ0n) is 14.5. The van der Waals surface area contributed by atoms with Crippen LogP contribution in [0.15, 0.2) is 54.6 Å². The van der Waals surface area contributed by atoms with Gasteiger partial charge < -0.3 is 14.5 Å². The second kappa shape index (κ2) is 7.38. The molecule has 1 heterocycles. The lowest BCUT2D eigenvalue weighted by Gasteiger charge is -2.39. The van der Waals surface area contributed by atoms with Gasteiger partial charge in [-0.15, -0.1) is 0 Å². The van der Waals surface area contributed by atoms with Gasteiger partial charge in [-0.1, -0.05) is 30.3 Å². The predicted molar refractivity (Wildman–Crippen MR) is 96.7 cm³/mol. The number of rotatable bonds is 4. The van der Waals surface area contributed by atoms with Crippen LogP contribution in [0.2, 0.25) is 0 Å². The topological polar surface area (TPSA) is 49.9 Å². The largest absolute Gasteiger partial charge is 0.497 e.